The van der Waals surface area contributed by atoms with E-state index in [1.54, 1.807) is 18.2 Å². The van der Waals surface area contributed by atoms with E-state index >= 15 is 0 Å². The number of carbonyl (C=O) groups is 2. The largest absolute Gasteiger partial charge is 0.465 e. The standard InChI is InChI=1S/C14H17ClN2O3.ClH/c1-8(9-6-16-7-9)13(18)17-10-3-4-11(12(15)5-10)14(19)20-2;/h3-5,8-9,16H,6-7H2,1-2H3,(H,17,18);1H. The number of esters is 1. The van der Waals surface area contributed by atoms with Crippen LogP contribution >= 0.6 is 24.0 Å². The van der Waals surface area contributed by atoms with Crippen LogP contribution in [-0.2, 0) is 9.53 Å². The van der Waals surface area contributed by atoms with Crippen LogP contribution in [0.3, 0.4) is 0 Å². The normalized spacial score (nSPS) is 15.4. The van der Waals surface area contributed by atoms with Crippen LogP contribution in [0.15, 0.2) is 18.2 Å². The lowest BCUT2D eigenvalue weighted by molar-refractivity contribution is -0.121. The summed E-state index contributed by atoms with van der Waals surface area (Å²) >= 11 is 6.00. The van der Waals surface area contributed by atoms with E-state index in [0.29, 0.717) is 11.6 Å². The zero-order valence-electron chi connectivity index (χ0n) is 11.8. The number of amides is 1. The molecule has 1 aromatic rings. The summed E-state index contributed by atoms with van der Waals surface area (Å²) in [6.07, 6.45) is 0. The number of ether oxygens (including phenoxy) is 1. The van der Waals surface area contributed by atoms with E-state index in [-0.39, 0.29) is 34.8 Å². The van der Waals surface area contributed by atoms with Crippen molar-refractivity contribution in [2.45, 2.75) is 6.92 Å². The molecule has 5 nitrogen and oxygen atoms in total. The van der Waals surface area contributed by atoms with E-state index in [1.165, 1.54) is 7.11 Å². The number of halogens is 2. The third kappa shape index (κ3) is 4.09. The van der Waals surface area contributed by atoms with Crippen molar-refractivity contribution >= 4 is 41.6 Å². The number of nitrogens with one attached hydrogen (secondary N) is 2. The van der Waals surface area contributed by atoms with Gasteiger partial charge in [0.05, 0.1) is 17.7 Å². The molecule has 0 radical (unpaired) electrons. The lowest BCUT2D eigenvalue weighted by Gasteiger charge is -2.31. The van der Waals surface area contributed by atoms with Gasteiger partial charge in [-0.25, -0.2) is 4.79 Å². The number of carbonyl (C=O) groups excluding carboxylic acids is 2. The number of benzene rings is 1. The highest BCUT2D eigenvalue weighted by Gasteiger charge is 2.28. The Hall–Kier alpha value is -1.30. The van der Waals surface area contributed by atoms with Gasteiger partial charge in [-0.05, 0) is 37.2 Å². The monoisotopic (exact) mass is 332 g/mol. The molecule has 21 heavy (non-hydrogen) atoms. The second-order valence-electron chi connectivity index (χ2n) is 4.88. The fourth-order valence-electron chi connectivity index (χ4n) is 2.00. The molecule has 2 N–H and O–H groups in total. The SMILES string of the molecule is COC(=O)c1ccc(NC(=O)C(C)C2CNC2)cc1Cl.Cl. The first-order valence-electron chi connectivity index (χ1n) is 6.42. The minimum atomic E-state index is -0.498. The molecule has 7 heteroatoms. The van der Waals surface area contributed by atoms with Crippen molar-refractivity contribution in [3.8, 4) is 0 Å². The van der Waals surface area contributed by atoms with Crippen molar-refractivity contribution in [1.82, 2.24) is 5.32 Å². The van der Waals surface area contributed by atoms with Gasteiger partial charge in [0.15, 0.2) is 0 Å². The van der Waals surface area contributed by atoms with Gasteiger partial charge in [0.1, 0.15) is 0 Å². The van der Waals surface area contributed by atoms with Crippen LogP contribution in [0.25, 0.3) is 0 Å². The molecule has 1 aromatic carbocycles. The Labute approximate surface area is 134 Å². The van der Waals surface area contributed by atoms with Crippen molar-refractivity contribution in [1.29, 1.82) is 0 Å². The molecule has 2 rings (SSSR count). The fourth-order valence-corrected chi connectivity index (χ4v) is 2.26. The molecule has 1 unspecified atom stereocenters. The molecule has 0 aromatic heterocycles. The second kappa shape index (κ2) is 7.64. The van der Waals surface area contributed by atoms with Gasteiger partial charge < -0.3 is 15.4 Å². The number of hydrogen-bond acceptors (Lipinski definition) is 4. The van der Waals surface area contributed by atoms with E-state index in [4.69, 9.17) is 11.6 Å². The zero-order chi connectivity index (χ0) is 14.7. The summed E-state index contributed by atoms with van der Waals surface area (Å²) < 4.78 is 4.61. The lowest BCUT2D eigenvalue weighted by Crippen LogP contribution is -2.48. The summed E-state index contributed by atoms with van der Waals surface area (Å²) in [4.78, 5) is 23.5. The van der Waals surface area contributed by atoms with Gasteiger partial charge in [-0.2, -0.15) is 0 Å². The highest BCUT2D eigenvalue weighted by molar-refractivity contribution is 6.34. The van der Waals surface area contributed by atoms with E-state index < -0.39 is 5.97 Å². The Bertz CT molecular complexity index is 533. The maximum atomic E-state index is 12.1. The summed E-state index contributed by atoms with van der Waals surface area (Å²) in [5.74, 6) is -0.227. The van der Waals surface area contributed by atoms with Crippen LogP contribution in [-0.4, -0.2) is 32.1 Å². The maximum absolute atomic E-state index is 12.1. The number of rotatable bonds is 4. The Kier molecular flexibility index (Phi) is 6.45. The maximum Gasteiger partial charge on any atom is 0.339 e. The molecular weight excluding hydrogens is 315 g/mol. The molecule has 1 fully saturated rings. The van der Waals surface area contributed by atoms with Crippen LogP contribution in [0.4, 0.5) is 5.69 Å². The third-order valence-corrected chi connectivity index (χ3v) is 3.89. The van der Waals surface area contributed by atoms with E-state index in [1.807, 2.05) is 6.92 Å². The van der Waals surface area contributed by atoms with Crippen molar-refractivity contribution in [3.05, 3.63) is 28.8 Å². The van der Waals surface area contributed by atoms with Crippen molar-refractivity contribution in [2.24, 2.45) is 11.8 Å². The first-order valence-corrected chi connectivity index (χ1v) is 6.80. The number of anilines is 1. The molecule has 1 aliphatic heterocycles. The van der Waals surface area contributed by atoms with Crippen LogP contribution in [0.1, 0.15) is 17.3 Å². The first-order chi connectivity index (χ1) is 9.52. The Morgan fingerprint density at radius 1 is 1.43 bits per heavy atom. The highest BCUT2D eigenvalue weighted by Crippen LogP contribution is 2.23. The predicted molar refractivity (Wildman–Crippen MR) is 84.2 cm³/mol. The molecule has 1 atom stereocenters. The molecule has 1 heterocycles. The topological polar surface area (TPSA) is 67.4 Å². The predicted octanol–water partition coefficient (Wildman–Crippen LogP) is 2.34. The van der Waals surface area contributed by atoms with Crippen molar-refractivity contribution < 1.29 is 14.3 Å². The number of methoxy groups -OCH3 is 1. The summed E-state index contributed by atoms with van der Waals surface area (Å²) in [6, 6.07) is 4.73. The van der Waals surface area contributed by atoms with Crippen LogP contribution < -0.4 is 10.6 Å². The molecule has 116 valence electrons. The van der Waals surface area contributed by atoms with Gasteiger partial charge in [-0.1, -0.05) is 18.5 Å². The van der Waals surface area contributed by atoms with E-state index in [9.17, 15) is 9.59 Å². The van der Waals surface area contributed by atoms with Crippen molar-refractivity contribution in [2.75, 3.05) is 25.5 Å². The van der Waals surface area contributed by atoms with Gasteiger partial charge in [-0.15, -0.1) is 12.4 Å². The van der Waals surface area contributed by atoms with Gasteiger partial charge in [0, 0.05) is 11.6 Å². The van der Waals surface area contributed by atoms with Crippen LogP contribution in [0.5, 0.6) is 0 Å². The minimum absolute atomic E-state index is 0. The molecule has 1 aliphatic rings. The smallest absolute Gasteiger partial charge is 0.339 e. The molecule has 0 aliphatic carbocycles. The van der Waals surface area contributed by atoms with Gasteiger partial charge >= 0.3 is 5.97 Å². The van der Waals surface area contributed by atoms with Crippen molar-refractivity contribution in [3.63, 3.8) is 0 Å². The summed E-state index contributed by atoms with van der Waals surface area (Å²) in [6.45, 7) is 3.65. The second-order valence-corrected chi connectivity index (χ2v) is 5.29. The van der Waals surface area contributed by atoms with Crippen LogP contribution in [0.2, 0.25) is 5.02 Å². The molecule has 1 saturated heterocycles. The zero-order valence-corrected chi connectivity index (χ0v) is 13.4. The average Bonchev–Trinajstić information content (AvgIpc) is 2.36. The van der Waals surface area contributed by atoms with E-state index in [0.717, 1.165) is 13.1 Å². The van der Waals surface area contributed by atoms with E-state index in [2.05, 4.69) is 15.4 Å². The highest BCUT2D eigenvalue weighted by atomic mass is 35.5. The molecule has 0 bridgehead atoms. The third-order valence-electron chi connectivity index (χ3n) is 3.58. The molecule has 1 amide bonds. The van der Waals surface area contributed by atoms with Gasteiger partial charge in [0.25, 0.3) is 0 Å². The number of hydrogen-bond donors (Lipinski definition) is 2. The summed E-state index contributed by atoms with van der Waals surface area (Å²) in [5.41, 5.74) is 0.857. The molecule has 0 saturated carbocycles. The summed E-state index contributed by atoms with van der Waals surface area (Å²) in [7, 11) is 1.29. The first kappa shape index (κ1) is 17.8. The summed E-state index contributed by atoms with van der Waals surface area (Å²) in [5, 5.41) is 6.21. The fraction of sp³-hybridized carbons (Fsp3) is 0.429. The Balaban J connectivity index is 0.00000220. The average molecular weight is 333 g/mol. The van der Waals surface area contributed by atoms with Gasteiger partial charge in [0.2, 0.25) is 5.91 Å². The minimum Gasteiger partial charge on any atom is -0.465 e. The quantitative estimate of drug-likeness (QED) is 0.830. The molecular formula is C14H18Cl2N2O3. The van der Waals surface area contributed by atoms with Gasteiger partial charge in [-0.3, -0.25) is 4.79 Å². The Morgan fingerprint density at radius 3 is 2.57 bits per heavy atom. The van der Waals surface area contributed by atoms with Crippen LogP contribution in [0, 0.1) is 11.8 Å². The Morgan fingerprint density at radius 2 is 2.10 bits per heavy atom. The lowest BCUT2D eigenvalue weighted by atomic mass is 9.88. The molecule has 0 spiro atoms.